The number of ketones is 1. The van der Waals surface area contributed by atoms with Gasteiger partial charge in [-0.25, -0.2) is 4.98 Å². The number of nitrogens with zero attached hydrogens (tertiary/aromatic N) is 2. The molecule has 2 N–H and O–H groups in total. The van der Waals surface area contributed by atoms with Gasteiger partial charge in [-0.15, -0.1) is 5.10 Å². The molecule has 1 unspecified atom stereocenters. The van der Waals surface area contributed by atoms with Gasteiger partial charge in [0.1, 0.15) is 5.75 Å². The molecule has 1 atom stereocenters. The summed E-state index contributed by atoms with van der Waals surface area (Å²) in [6.45, 7) is 3.26. The van der Waals surface area contributed by atoms with Gasteiger partial charge >= 0.3 is 0 Å². The average molecular weight is 396 g/mol. The molecule has 0 saturated carbocycles. The van der Waals surface area contributed by atoms with E-state index in [4.69, 9.17) is 4.74 Å². The molecule has 8 heteroatoms. The van der Waals surface area contributed by atoms with E-state index in [1.165, 1.54) is 18.7 Å². The standard InChI is InChI=1S/C20H20N4O3S/c1-12(18(26)14-4-8-16(9-5-14)21-13(2)25)28-20-22-19(23-24-20)15-6-10-17(27-3)11-7-15/h4-12H,1-3H3,(H,21,25)(H,22,23,24). The molecule has 3 aromatic rings. The van der Waals surface area contributed by atoms with Gasteiger partial charge in [-0.05, 0) is 55.5 Å². The van der Waals surface area contributed by atoms with Crippen molar-refractivity contribution in [2.24, 2.45) is 0 Å². The molecule has 0 radical (unpaired) electrons. The minimum absolute atomic E-state index is 0.0322. The van der Waals surface area contributed by atoms with Crippen LogP contribution in [0.3, 0.4) is 0 Å². The molecule has 7 nitrogen and oxygen atoms in total. The van der Waals surface area contributed by atoms with E-state index in [-0.39, 0.29) is 16.9 Å². The first-order valence-corrected chi connectivity index (χ1v) is 9.49. The minimum atomic E-state index is -0.355. The normalized spacial score (nSPS) is 11.7. The van der Waals surface area contributed by atoms with Gasteiger partial charge < -0.3 is 10.1 Å². The van der Waals surface area contributed by atoms with Crippen molar-refractivity contribution in [3.63, 3.8) is 0 Å². The molecule has 0 fully saturated rings. The van der Waals surface area contributed by atoms with Gasteiger partial charge in [-0.3, -0.25) is 14.7 Å². The van der Waals surface area contributed by atoms with Crippen LogP contribution in [-0.2, 0) is 4.79 Å². The number of nitrogens with one attached hydrogen (secondary N) is 2. The number of carbonyl (C=O) groups is 2. The van der Waals surface area contributed by atoms with Gasteiger partial charge in [-0.2, -0.15) is 0 Å². The number of Topliss-reactive ketones (excluding diaryl/α,β-unsaturated/α-hetero) is 1. The largest absolute Gasteiger partial charge is 0.497 e. The summed E-state index contributed by atoms with van der Waals surface area (Å²) in [5.74, 6) is 1.21. The highest BCUT2D eigenvalue weighted by atomic mass is 32.2. The maximum absolute atomic E-state index is 12.6. The number of H-pyrrole nitrogens is 1. The lowest BCUT2D eigenvalue weighted by molar-refractivity contribution is -0.114. The van der Waals surface area contributed by atoms with Crippen LogP contribution in [0.4, 0.5) is 5.69 Å². The molecule has 144 valence electrons. The Bertz CT molecular complexity index is 968. The van der Waals surface area contributed by atoms with Crippen LogP contribution in [0.1, 0.15) is 24.2 Å². The van der Waals surface area contributed by atoms with Crippen LogP contribution in [0.2, 0.25) is 0 Å². The molecule has 0 saturated heterocycles. The Morgan fingerprint density at radius 2 is 1.79 bits per heavy atom. The molecule has 1 heterocycles. The molecule has 2 aromatic carbocycles. The van der Waals surface area contributed by atoms with E-state index >= 15 is 0 Å². The van der Waals surface area contributed by atoms with Crippen LogP contribution in [-0.4, -0.2) is 39.2 Å². The SMILES string of the molecule is COc1ccc(-c2nc(SC(C)C(=O)c3ccc(NC(C)=O)cc3)n[nH]2)cc1. The molecule has 1 aromatic heterocycles. The van der Waals surface area contributed by atoms with Gasteiger partial charge in [0.25, 0.3) is 0 Å². The summed E-state index contributed by atoms with van der Waals surface area (Å²) in [5.41, 5.74) is 2.11. The lowest BCUT2D eigenvalue weighted by Gasteiger charge is -2.09. The van der Waals surface area contributed by atoms with Gasteiger partial charge in [0, 0.05) is 23.7 Å². The van der Waals surface area contributed by atoms with Crippen LogP contribution < -0.4 is 10.1 Å². The van der Waals surface area contributed by atoms with Crippen molar-refractivity contribution < 1.29 is 14.3 Å². The Balaban J connectivity index is 1.65. The van der Waals surface area contributed by atoms with Crippen molar-refractivity contribution in [2.75, 3.05) is 12.4 Å². The summed E-state index contributed by atoms with van der Waals surface area (Å²) in [5, 5.41) is 9.91. The number of thioether (sulfide) groups is 1. The van der Waals surface area contributed by atoms with E-state index in [0.717, 1.165) is 11.3 Å². The molecular weight excluding hydrogens is 376 g/mol. The molecular formula is C20H20N4O3S. The number of anilines is 1. The third-order valence-corrected chi connectivity index (χ3v) is 4.93. The Labute approximate surface area is 166 Å². The molecule has 0 spiro atoms. The Hall–Kier alpha value is -3.13. The highest BCUT2D eigenvalue weighted by molar-refractivity contribution is 8.00. The van der Waals surface area contributed by atoms with Gasteiger partial charge in [0.2, 0.25) is 11.1 Å². The fourth-order valence-corrected chi connectivity index (χ4v) is 3.35. The van der Waals surface area contributed by atoms with Crippen molar-refractivity contribution in [2.45, 2.75) is 24.3 Å². The lowest BCUT2D eigenvalue weighted by Crippen LogP contribution is -2.14. The second-order valence-corrected chi connectivity index (χ2v) is 7.39. The van der Waals surface area contributed by atoms with Crippen molar-refractivity contribution in [1.82, 2.24) is 15.2 Å². The van der Waals surface area contributed by atoms with Crippen molar-refractivity contribution in [3.05, 3.63) is 54.1 Å². The number of carbonyl (C=O) groups excluding carboxylic acids is 2. The van der Waals surface area contributed by atoms with Gasteiger partial charge in [-0.1, -0.05) is 11.8 Å². The molecule has 1 amide bonds. The molecule has 0 aliphatic rings. The predicted molar refractivity (Wildman–Crippen MR) is 109 cm³/mol. The van der Waals surface area contributed by atoms with Crippen LogP contribution in [0.5, 0.6) is 5.75 Å². The quantitative estimate of drug-likeness (QED) is 0.466. The number of aromatic amines is 1. The molecule has 0 aliphatic carbocycles. The summed E-state index contributed by atoms with van der Waals surface area (Å²) in [4.78, 5) is 28.2. The molecule has 28 heavy (non-hydrogen) atoms. The maximum atomic E-state index is 12.6. The number of hydrogen-bond donors (Lipinski definition) is 2. The number of methoxy groups -OCH3 is 1. The number of aromatic nitrogens is 3. The first-order valence-electron chi connectivity index (χ1n) is 8.61. The van der Waals surface area contributed by atoms with Crippen LogP contribution in [0.15, 0.2) is 53.7 Å². The highest BCUT2D eigenvalue weighted by Crippen LogP contribution is 2.26. The minimum Gasteiger partial charge on any atom is -0.497 e. The maximum Gasteiger partial charge on any atom is 0.221 e. The number of hydrogen-bond acceptors (Lipinski definition) is 6. The summed E-state index contributed by atoms with van der Waals surface area (Å²) in [6, 6.07) is 14.3. The zero-order valence-electron chi connectivity index (χ0n) is 15.7. The zero-order chi connectivity index (χ0) is 20.1. The van der Waals surface area contributed by atoms with Crippen LogP contribution in [0.25, 0.3) is 11.4 Å². The Kier molecular flexibility index (Phi) is 6.10. The van der Waals surface area contributed by atoms with Crippen LogP contribution in [0, 0.1) is 0 Å². The first kappa shape index (κ1) is 19.6. The Morgan fingerprint density at radius 1 is 1.11 bits per heavy atom. The van der Waals surface area contributed by atoms with E-state index in [2.05, 4.69) is 20.5 Å². The lowest BCUT2D eigenvalue weighted by atomic mass is 10.1. The second kappa shape index (κ2) is 8.71. The molecule has 0 bridgehead atoms. The first-order chi connectivity index (χ1) is 13.5. The zero-order valence-corrected chi connectivity index (χ0v) is 16.5. The fraction of sp³-hybridized carbons (Fsp3) is 0.200. The third-order valence-electron chi connectivity index (χ3n) is 3.97. The van der Waals surface area contributed by atoms with E-state index in [0.29, 0.717) is 22.2 Å². The number of rotatable bonds is 7. The second-order valence-electron chi connectivity index (χ2n) is 6.08. The monoisotopic (exact) mass is 396 g/mol. The Morgan fingerprint density at radius 3 is 2.39 bits per heavy atom. The molecule has 3 rings (SSSR count). The van der Waals surface area contributed by atoms with Crippen molar-refractivity contribution in [1.29, 1.82) is 0 Å². The van der Waals surface area contributed by atoms with Crippen molar-refractivity contribution >= 4 is 29.1 Å². The number of benzene rings is 2. The summed E-state index contributed by atoms with van der Waals surface area (Å²) < 4.78 is 5.15. The number of amides is 1. The van der Waals surface area contributed by atoms with Crippen molar-refractivity contribution in [3.8, 4) is 17.1 Å². The smallest absolute Gasteiger partial charge is 0.221 e. The van der Waals surface area contributed by atoms with Crippen LogP contribution >= 0.6 is 11.8 Å². The predicted octanol–water partition coefficient (Wildman–Crippen LogP) is 3.80. The summed E-state index contributed by atoms with van der Waals surface area (Å²) >= 11 is 1.29. The van der Waals surface area contributed by atoms with E-state index in [1.54, 1.807) is 31.4 Å². The van der Waals surface area contributed by atoms with E-state index < -0.39 is 0 Å². The highest BCUT2D eigenvalue weighted by Gasteiger charge is 2.19. The van der Waals surface area contributed by atoms with E-state index in [1.807, 2.05) is 31.2 Å². The summed E-state index contributed by atoms with van der Waals surface area (Å²) in [6.07, 6.45) is 0. The fourth-order valence-electron chi connectivity index (χ4n) is 2.54. The van der Waals surface area contributed by atoms with Gasteiger partial charge in [0.05, 0.1) is 12.4 Å². The van der Waals surface area contributed by atoms with Gasteiger partial charge in [0.15, 0.2) is 11.6 Å². The van der Waals surface area contributed by atoms with E-state index in [9.17, 15) is 9.59 Å². The third kappa shape index (κ3) is 4.77. The topological polar surface area (TPSA) is 97.0 Å². The average Bonchev–Trinajstić information content (AvgIpc) is 3.16. The number of ether oxygens (including phenoxy) is 1. The molecule has 0 aliphatic heterocycles. The summed E-state index contributed by atoms with van der Waals surface area (Å²) in [7, 11) is 1.62.